The summed E-state index contributed by atoms with van der Waals surface area (Å²) in [4.78, 5) is 0. The summed E-state index contributed by atoms with van der Waals surface area (Å²) in [6.45, 7) is 0. The van der Waals surface area contributed by atoms with Gasteiger partial charge in [0, 0.05) is 0 Å². The summed E-state index contributed by atoms with van der Waals surface area (Å²) in [6, 6.07) is 0. The van der Waals surface area contributed by atoms with Crippen LogP contribution in [0.15, 0.2) is 23.8 Å². The van der Waals surface area contributed by atoms with Crippen LogP contribution in [-0.4, -0.2) is 11.0 Å². The van der Waals surface area contributed by atoms with Gasteiger partial charge in [-0.25, -0.2) is 13.2 Å². The van der Waals surface area contributed by atoms with Crippen molar-refractivity contribution in [1.82, 2.24) is 0 Å². The van der Waals surface area contributed by atoms with Crippen LogP contribution < -0.4 is 0 Å². The lowest BCUT2D eigenvalue weighted by Gasteiger charge is -2.15. The Hall–Kier alpha value is -0.770. The molecule has 0 radical (unpaired) electrons. The zero-order valence-electron chi connectivity index (χ0n) is 4.94. The SMILES string of the molecule is OC1(F)C=CC(F)=C(F)C1. The first-order valence-electron chi connectivity index (χ1n) is 2.66. The lowest BCUT2D eigenvalue weighted by atomic mass is 10.1. The van der Waals surface area contributed by atoms with Gasteiger partial charge in [-0.1, -0.05) is 0 Å². The van der Waals surface area contributed by atoms with Crippen LogP contribution in [0.3, 0.4) is 0 Å². The average molecular weight is 150 g/mol. The molecule has 1 aliphatic carbocycles. The highest BCUT2D eigenvalue weighted by molar-refractivity contribution is 5.24. The number of halogens is 3. The van der Waals surface area contributed by atoms with Crippen molar-refractivity contribution in [2.24, 2.45) is 0 Å². The molecule has 0 amide bonds. The largest absolute Gasteiger partial charge is 0.358 e. The normalized spacial score (nSPS) is 33.2. The number of rotatable bonds is 0. The molecule has 0 aromatic heterocycles. The molecule has 0 aromatic carbocycles. The van der Waals surface area contributed by atoms with Gasteiger partial charge in [0.05, 0.1) is 6.42 Å². The van der Waals surface area contributed by atoms with Gasteiger partial charge < -0.3 is 5.11 Å². The molecule has 0 saturated carbocycles. The van der Waals surface area contributed by atoms with Gasteiger partial charge in [-0.3, -0.25) is 0 Å². The van der Waals surface area contributed by atoms with Crippen LogP contribution in [0.4, 0.5) is 13.2 Å². The molecule has 1 rings (SSSR count). The Morgan fingerprint density at radius 2 is 2.10 bits per heavy atom. The number of aliphatic hydroxyl groups is 1. The lowest BCUT2D eigenvalue weighted by molar-refractivity contribution is -0.0461. The summed E-state index contributed by atoms with van der Waals surface area (Å²) in [7, 11) is 0. The van der Waals surface area contributed by atoms with Gasteiger partial charge in [0.15, 0.2) is 5.83 Å². The third-order valence-corrected chi connectivity index (χ3v) is 1.15. The minimum absolute atomic E-state index is 0.568. The van der Waals surface area contributed by atoms with Crippen molar-refractivity contribution in [3.8, 4) is 0 Å². The maximum Gasteiger partial charge on any atom is 0.232 e. The van der Waals surface area contributed by atoms with Gasteiger partial charge in [-0.15, -0.1) is 0 Å². The lowest BCUT2D eigenvalue weighted by Crippen LogP contribution is -2.21. The molecule has 0 bridgehead atoms. The zero-order valence-corrected chi connectivity index (χ0v) is 4.94. The Bertz CT molecular complexity index is 205. The summed E-state index contributed by atoms with van der Waals surface area (Å²) < 4.78 is 36.5. The third-order valence-electron chi connectivity index (χ3n) is 1.15. The Morgan fingerprint density at radius 3 is 2.50 bits per heavy atom. The Kier molecular flexibility index (Phi) is 1.56. The van der Waals surface area contributed by atoms with Crippen LogP contribution >= 0.6 is 0 Å². The standard InChI is InChI=1S/C6H5F3O/c7-4-1-2-6(9,10)3-5(4)8/h1-2,10H,3H2. The molecular formula is C6H5F3O. The predicted octanol–water partition coefficient (Wildman–Crippen LogP) is 1.75. The van der Waals surface area contributed by atoms with Gasteiger partial charge in [0.1, 0.15) is 5.83 Å². The van der Waals surface area contributed by atoms with E-state index in [0.29, 0.717) is 12.2 Å². The quantitative estimate of drug-likeness (QED) is 0.557. The van der Waals surface area contributed by atoms with Gasteiger partial charge in [-0.2, -0.15) is 0 Å². The second-order valence-electron chi connectivity index (χ2n) is 2.08. The predicted molar refractivity (Wildman–Crippen MR) is 29.1 cm³/mol. The highest BCUT2D eigenvalue weighted by atomic mass is 19.2. The summed E-state index contributed by atoms with van der Waals surface area (Å²) in [6.07, 6.45) is 0.208. The molecular weight excluding hydrogens is 145 g/mol. The van der Waals surface area contributed by atoms with E-state index in [9.17, 15) is 13.2 Å². The summed E-state index contributed by atoms with van der Waals surface area (Å²) >= 11 is 0. The minimum atomic E-state index is -2.72. The molecule has 1 unspecified atom stereocenters. The zero-order chi connectivity index (χ0) is 7.78. The molecule has 1 atom stereocenters. The maximum absolute atomic E-state index is 12.3. The summed E-state index contributed by atoms with van der Waals surface area (Å²) in [5.41, 5.74) is 0. The molecule has 1 nitrogen and oxygen atoms in total. The molecule has 0 saturated heterocycles. The smallest absolute Gasteiger partial charge is 0.232 e. The molecule has 1 aliphatic rings. The second kappa shape index (κ2) is 2.12. The Morgan fingerprint density at radius 1 is 1.50 bits per heavy atom. The van der Waals surface area contributed by atoms with Gasteiger partial charge >= 0.3 is 0 Å². The van der Waals surface area contributed by atoms with E-state index in [1.807, 2.05) is 0 Å². The van der Waals surface area contributed by atoms with Crippen LogP contribution in [0, 0.1) is 0 Å². The van der Waals surface area contributed by atoms with Crippen LogP contribution in [0.2, 0.25) is 0 Å². The molecule has 0 fully saturated rings. The highest BCUT2D eigenvalue weighted by Gasteiger charge is 2.29. The molecule has 0 heterocycles. The van der Waals surface area contributed by atoms with Crippen molar-refractivity contribution in [3.63, 3.8) is 0 Å². The molecule has 10 heavy (non-hydrogen) atoms. The first kappa shape index (κ1) is 7.34. The van der Waals surface area contributed by atoms with Crippen molar-refractivity contribution in [1.29, 1.82) is 0 Å². The van der Waals surface area contributed by atoms with Crippen LogP contribution in [0.1, 0.15) is 6.42 Å². The van der Waals surface area contributed by atoms with E-state index in [0.717, 1.165) is 0 Å². The fourth-order valence-corrected chi connectivity index (χ4v) is 0.652. The Balaban J connectivity index is 2.85. The topological polar surface area (TPSA) is 20.2 Å². The van der Waals surface area contributed by atoms with Crippen molar-refractivity contribution in [2.75, 3.05) is 0 Å². The van der Waals surface area contributed by atoms with Gasteiger partial charge in [-0.05, 0) is 12.2 Å². The summed E-state index contributed by atoms with van der Waals surface area (Å²) in [5, 5.41) is 8.47. The number of alkyl halides is 1. The Labute approximate surface area is 55.5 Å². The molecule has 4 heteroatoms. The number of hydrogen-bond acceptors (Lipinski definition) is 1. The van der Waals surface area contributed by atoms with Crippen molar-refractivity contribution in [2.45, 2.75) is 12.3 Å². The first-order chi connectivity index (χ1) is 4.51. The highest BCUT2D eigenvalue weighted by Crippen LogP contribution is 2.29. The van der Waals surface area contributed by atoms with Crippen LogP contribution in [0.5, 0.6) is 0 Å². The molecule has 1 N–H and O–H groups in total. The first-order valence-corrected chi connectivity index (χ1v) is 2.66. The van der Waals surface area contributed by atoms with E-state index in [4.69, 9.17) is 5.11 Å². The van der Waals surface area contributed by atoms with E-state index >= 15 is 0 Å². The van der Waals surface area contributed by atoms with E-state index < -0.39 is 23.9 Å². The van der Waals surface area contributed by atoms with Crippen molar-refractivity contribution >= 4 is 0 Å². The fourth-order valence-electron chi connectivity index (χ4n) is 0.652. The van der Waals surface area contributed by atoms with Gasteiger partial charge in [0.25, 0.3) is 0 Å². The van der Waals surface area contributed by atoms with Gasteiger partial charge in [0.2, 0.25) is 5.85 Å². The third kappa shape index (κ3) is 1.39. The monoisotopic (exact) mass is 150 g/mol. The second-order valence-corrected chi connectivity index (χ2v) is 2.08. The fraction of sp³-hybridized carbons (Fsp3) is 0.333. The van der Waals surface area contributed by atoms with Crippen molar-refractivity contribution < 1.29 is 18.3 Å². The van der Waals surface area contributed by atoms with E-state index in [2.05, 4.69) is 0 Å². The average Bonchev–Trinajstić information content (AvgIpc) is 1.79. The van der Waals surface area contributed by atoms with Crippen molar-refractivity contribution in [3.05, 3.63) is 23.8 Å². The van der Waals surface area contributed by atoms with Crippen LogP contribution in [-0.2, 0) is 0 Å². The summed E-state index contributed by atoms with van der Waals surface area (Å²) in [5.74, 6) is -5.10. The molecule has 0 spiro atoms. The molecule has 0 aliphatic heterocycles. The number of allylic oxidation sites excluding steroid dienone is 2. The molecule has 56 valence electrons. The molecule has 0 aromatic rings. The maximum atomic E-state index is 12.3. The van der Waals surface area contributed by atoms with Crippen LogP contribution in [0.25, 0.3) is 0 Å². The number of hydrogen-bond donors (Lipinski definition) is 1. The van der Waals surface area contributed by atoms with E-state index in [1.165, 1.54) is 0 Å². The van der Waals surface area contributed by atoms with E-state index in [-0.39, 0.29) is 0 Å². The van der Waals surface area contributed by atoms with E-state index in [1.54, 1.807) is 0 Å². The minimum Gasteiger partial charge on any atom is -0.358 e.